The molecule has 0 radical (unpaired) electrons. The summed E-state index contributed by atoms with van der Waals surface area (Å²) in [6.45, 7) is 2.24. The molecule has 0 saturated heterocycles. The lowest BCUT2D eigenvalue weighted by Gasteiger charge is -2.05. The molecule has 22 heavy (non-hydrogen) atoms. The number of aliphatic hydroxyl groups excluding tert-OH is 1. The first-order chi connectivity index (χ1) is 10.6. The van der Waals surface area contributed by atoms with E-state index >= 15 is 0 Å². The number of benzene rings is 1. The minimum Gasteiger partial charge on any atom is -0.459 e. The van der Waals surface area contributed by atoms with Gasteiger partial charge in [-0.05, 0) is 36.8 Å². The number of aromatic nitrogens is 3. The Hall–Kier alpha value is -2.38. The fraction of sp³-hybridized carbons (Fsp3) is 0.200. The predicted molar refractivity (Wildman–Crippen MR) is 85.3 cm³/mol. The van der Waals surface area contributed by atoms with E-state index in [0.29, 0.717) is 11.3 Å². The highest BCUT2D eigenvalue weighted by atomic mass is 32.1. The van der Waals surface area contributed by atoms with Crippen molar-refractivity contribution in [3.8, 4) is 11.3 Å². The summed E-state index contributed by atoms with van der Waals surface area (Å²) in [5.41, 5.74) is 4.94. The van der Waals surface area contributed by atoms with Crippen LogP contribution in [-0.2, 0) is 6.54 Å². The summed E-state index contributed by atoms with van der Waals surface area (Å²) in [4.78, 5) is 0. The molecule has 3 N–H and O–H groups in total. The van der Waals surface area contributed by atoms with Crippen LogP contribution in [-0.4, -0.2) is 20.0 Å². The van der Waals surface area contributed by atoms with E-state index in [2.05, 4.69) is 15.6 Å². The Morgan fingerprint density at radius 1 is 1.32 bits per heavy atom. The van der Waals surface area contributed by atoms with Crippen LogP contribution in [0.15, 0.2) is 47.1 Å². The molecular weight excluding hydrogens is 300 g/mol. The molecule has 3 rings (SSSR count). The maximum Gasteiger partial charge on any atom is 0.214 e. The number of aliphatic hydroxyl groups is 1. The van der Waals surface area contributed by atoms with E-state index < -0.39 is 6.10 Å². The number of H-pyrrole nitrogens is 1. The second-order valence-electron chi connectivity index (χ2n) is 4.93. The lowest BCUT2D eigenvalue weighted by Crippen LogP contribution is -2.12. The third-order valence-electron chi connectivity index (χ3n) is 3.32. The third kappa shape index (κ3) is 3.10. The highest BCUT2D eigenvalue weighted by Gasteiger charge is 2.06. The molecule has 7 heteroatoms. The molecule has 6 nitrogen and oxygen atoms in total. The van der Waals surface area contributed by atoms with Crippen LogP contribution in [0.25, 0.3) is 11.3 Å². The van der Waals surface area contributed by atoms with Crippen LogP contribution in [0.3, 0.4) is 0 Å². The number of nitrogens with zero attached hydrogens (tertiary/aromatic N) is 2. The lowest BCUT2D eigenvalue weighted by atomic mass is 10.1. The van der Waals surface area contributed by atoms with Gasteiger partial charge in [0.25, 0.3) is 0 Å². The Labute approximate surface area is 132 Å². The fourth-order valence-corrected chi connectivity index (χ4v) is 2.24. The molecule has 1 aromatic carbocycles. The molecule has 1 unspecified atom stereocenters. The van der Waals surface area contributed by atoms with E-state index in [-0.39, 0.29) is 0 Å². The number of aromatic amines is 1. The summed E-state index contributed by atoms with van der Waals surface area (Å²) in [5.74, 6) is 1.57. The molecule has 0 bridgehead atoms. The molecule has 0 aliphatic carbocycles. The summed E-state index contributed by atoms with van der Waals surface area (Å²) < 4.78 is 7.93. The van der Waals surface area contributed by atoms with Crippen molar-refractivity contribution in [3.63, 3.8) is 0 Å². The predicted octanol–water partition coefficient (Wildman–Crippen LogP) is 3.00. The molecule has 1 atom stereocenters. The number of nitrogens with one attached hydrogen (secondary N) is 2. The van der Waals surface area contributed by atoms with Gasteiger partial charge in [-0.3, -0.25) is 5.10 Å². The molecule has 3 aromatic rings. The Kier molecular flexibility index (Phi) is 4.08. The zero-order valence-electron chi connectivity index (χ0n) is 12.0. The first-order valence-corrected chi connectivity index (χ1v) is 7.27. The van der Waals surface area contributed by atoms with Crippen molar-refractivity contribution in [3.05, 3.63) is 58.8 Å². The largest absolute Gasteiger partial charge is 0.459 e. The Bertz CT molecular complexity index is 801. The Morgan fingerprint density at radius 3 is 2.73 bits per heavy atom. The van der Waals surface area contributed by atoms with Gasteiger partial charge in [0.05, 0.1) is 12.6 Å². The van der Waals surface area contributed by atoms with Gasteiger partial charge in [-0.1, -0.05) is 24.3 Å². The minimum atomic E-state index is -0.468. The first kappa shape index (κ1) is 14.6. The molecular formula is C15H16N4O2S. The first-order valence-electron chi connectivity index (χ1n) is 6.86. The highest BCUT2D eigenvalue weighted by molar-refractivity contribution is 7.71. The summed E-state index contributed by atoms with van der Waals surface area (Å²) in [7, 11) is 0. The lowest BCUT2D eigenvalue weighted by molar-refractivity contribution is 0.199. The average molecular weight is 316 g/mol. The second-order valence-corrected chi connectivity index (χ2v) is 5.32. The molecule has 0 saturated carbocycles. The van der Waals surface area contributed by atoms with Gasteiger partial charge < -0.3 is 14.9 Å². The Morgan fingerprint density at radius 2 is 2.09 bits per heavy atom. The minimum absolute atomic E-state index is 0.468. The van der Waals surface area contributed by atoms with Crippen LogP contribution in [0.1, 0.15) is 24.4 Å². The fourth-order valence-electron chi connectivity index (χ4n) is 2.08. The van der Waals surface area contributed by atoms with Crippen molar-refractivity contribution in [1.82, 2.24) is 14.9 Å². The topological polar surface area (TPSA) is 79.0 Å². The highest BCUT2D eigenvalue weighted by Crippen LogP contribution is 2.24. The second kappa shape index (κ2) is 6.17. The van der Waals surface area contributed by atoms with Crippen LogP contribution in [0.2, 0.25) is 0 Å². The van der Waals surface area contributed by atoms with E-state index in [9.17, 15) is 5.11 Å². The number of hydrogen-bond acceptors (Lipinski definition) is 5. The number of hydrogen-bond donors (Lipinski definition) is 3. The van der Waals surface area contributed by atoms with E-state index in [1.54, 1.807) is 17.9 Å². The van der Waals surface area contributed by atoms with Crippen molar-refractivity contribution in [1.29, 1.82) is 0 Å². The third-order valence-corrected chi connectivity index (χ3v) is 3.60. The van der Waals surface area contributed by atoms with Crippen LogP contribution in [0.5, 0.6) is 0 Å². The molecule has 0 aliphatic rings. The molecule has 0 aliphatic heterocycles. The van der Waals surface area contributed by atoms with Gasteiger partial charge in [0, 0.05) is 5.56 Å². The van der Waals surface area contributed by atoms with E-state index in [1.165, 1.54) is 0 Å². The quantitative estimate of drug-likeness (QED) is 0.631. The van der Waals surface area contributed by atoms with Gasteiger partial charge in [0.15, 0.2) is 0 Å². The molecule has 2 heterocycles. The Balaban J connectivity index is 1.70. The standard InChI is InChI=1S/C15H16N4O2S/c1-10(20)11-2-4-12(5-3-11)14-7-6-13(21-14)8-17-19-9-16-18-15(19)22/h2-7,9-10,17,20H,8H2,1H3,(H,18,22). The monoisotopic (exact) mass is 316 g/mol. The van der Waals surface area contributed by atoms with Crippen LogP contribution in [0, 0.1) is 4.77 Å². The van der Waals surface area contributed by atoms with Crippen molar-refractivity contribution in [2.75, 3.05) is 5.43 Å². The van der Waals surface area contributed by atoms with E-state index in [0.717, 1.165) is 22.6 Å². The molecule has 0 fully saturated rings. The maximum absolute atomic E-state index is 9.52. The molecule has 0 amide bonds. The van der Waals surface area contributed by atoms with Crippen molar-refractivity contribution in [2.45, 2.75) is 19.6 Å². The van der Waals surface area contributed by atoms with Gasteiger partial charge in [-0.2, -0.15) is 5.10 Å². The van der Waals surface area contributed by atoms with Crippen LogP contribution < -0.4 is 5.43 Å². The van der Waals surface area contributed by atoms with Crippen molar-refractivity contribution < 1.29 is 9.52 Å². The van der Waals surface area contributed by atoms with Crippen molar-refractivity contribution in [2.24, 2.45) is 0 Å². The SMILES string of the molecule is CC(O)c1ccc(-c2ccc(CNn3cn[nH]c3=S)o2)cc1. The van der Waals surface area contributed by atoms with Gasteiger partial charge >= 0.3 is 0 Å². The smallest absolute Gasteiger partial charge is 0.214 e. The maximum atomic E-state index is 9.52. The van der Waals surface area contributed by atoms with Crippen LogP contribution in [0.4, 0.5) is 0 Å². The van der Waals surface area contributed by atoms with Gasteiger partial charge in [0.2, 0.25) is 4.77 Å². The number of rotatable bonds is 5. The number of furan rings is 1. The van der Waals surface area contributed by atoms with E-state index in [1.807, 2.05) is 36.4 Å². The zero-order valence-corrected chi connectivity index (χ0v) is 12.8. The molecule has 2 aromatic heterocycles. The van der Waals surface area contributed by atoms with Gasteiger partial charge in [-0.25, -0.2) is 4.68 Å². The normalized spacial score (nSPS) is 12.3. The zero-order chi connectivity index (χ0) is 15.5. The molecule has 0 spiro atoms. The summed E-state index contributed by atoms with van der Waals surface area (Å²) in [5, 5.41) is 16.0. The van der Waals surface area contributed by atoms with Gasteiger partial charge in [0.1, 0.15) is 17.8 Å². The summed E-state index contributed by atoms with van der Waals surface area (Å²) in [6, 6.07) is 11.5. The summed E-state index contributed by atoms with van der Waals surface area (Å²) >= 11 is 5.05. The van der Waals surface area contributed by atoms with Crippen LogP contribution >= 0.6 is 12.2 Å². The average Bonchev–Trinajstić information content (AvgIpc) is 3.14. The van der Waals surface area contributed by atoms with Gasteiger partial charge in [-0.15, -0.1) is 0 Å². The van der Waals surface area contributed by atoms with Crippen molar-refractivity contribution >= 4 is 12.2 Å². The molecule has 114 valence electrons. The summed E-state index contributed by atoms with van der Waals surface area (Å²) in [6.07, 6.45) is 1.10. The van der Waals surface area contributed by atoms with E-state index in [4.69, 9.17) is 16.6 Å².